The molecule has 0 atom stereocenters. The fourth-order valence-electron chi connectivity index (χ4n) is 1.22. The average Bonchev–Trinajstić information content (AvgIpc) is 2.65. The van der Waals surface area contributed by atoms with Gasteiger partial charge in [0.25, 0.3) is 0 Å². The van der Waals surface area contributed by atoms with Gasteiger partial charge in [-0.25, -0.2) is 9.97 Å². The molecule has 2 aromatic heterocycles. The minimum atomic E-state index is 0.607. The minimum Gasteiger partial charge on any atom is -0.357 e. The van der Waals surface area contributed by atoms with Gasteiger partial charge < -0.3 is 5.32 Å². The van der Waals surface area contributed by atoms with Crippen molar-refractivity contribution in [3.8, 4) is 5.82 Å². The van der Waals surface area contributed by atoms with Crippen molar-refractivity contribution in [2.75, 3.05) is 12.4 Å². The molecule has 1 N–H and O–H groups in total. The summed E-state index contributed by atoms with van der Waals surface area (Å²) in [4.78, 5) is 12.5. The van der Waals surface area contributed by atoms with E-state index in [4.69, 9.17) is 0 Å². The summed E-state index contributed by atoms with van der Waals surface area (Å²) < 4.78 is 1.91. The lowest BCUT2D eigenvalue weighted by atomic mass is 10.5. The van der Waals surface area contributed by atoms with Crippen LogP contribution >= 0.6 is 0 Å². The summed E-state index contributed by atoms with van der Waals surface area (Å²) in [6, 6.07) is 1.84. The summed E-state index contributed by atoms with van der Waals surface area (Å²) in [5.74, 6) is 2.33. The molecule has 0 aliphatic carbocycles. The fraction of sp³-hybridized carbons (Fsp3) is 0.222. The van der Waals surface area contributed by atoms with Gasteiger partial charge in [-0.2, -0.15) is 4.98 Å². The number of aryl methyl sites for hydroxylation is 1. The van der Waals surface area contributed by atoms with E-state index in [1.165, 1.54) is 0 Å². The van der Waals surface area contributed by atoms with Crippen molar-refractivity contribution in [3.05, 3.63) is 30.5 Å². The second-order valence-corrected chi connectivity index (χ2v) is 2.83. The number of aromatic nitrogens is 4. The van der Waals surface area contributed by atoms with Crippen LogP contribution in [0.25, 0.3) is 5.82 Å². The Morgan fingerprint density at radius 1 is 1.29 bits per heavy atom. The molecule has 2 rings (SSSR count). The van der Waals surface area contributed by atoms with Crippen molar-refractivity contribution in [1.29, 1.82) is 0 Å². The Morgan fingerprint density at radius 3 is 2.79 bits per heavy atom. The third-order valence-electron chi connectivity index (χ3n) is 1.94. The van der Waals surface area contributed by atoms with Gasteiger partial charge in [0.1, 0.15) is 11.6 Å². The number of rotatable bonds is 2. The van der Waals surface area contributed by atoms with Gasteiger partial charge in [-0.1, -0.05) is 0 Å². The van der Waals surface area contributed by atoms with Gasteiger partial charge in [-0.05, 0) is 13.0 Å². The van der Waals surface area contributed by atoms with Gasteiger partial charge in [0, 0.05) is 25.6 Å². The van der Waals surface area contributed by atoms with Crippen LogP contribution in [0.3, 0.4) is 0 Å². The first kappa shape index (κ1) is 8.68. The van der Waals surface area contributed by atoms with Gasteiger partial charge >= 0.3 is 0 Å². The van der Waals surface area contributed by atoms with Crippen LogP contribution in [-0.4, -0.2) is 26.6 Å². The second kappa shape index (κ2) is 3.45. The summed E-state index contributed by atoms with van der Waals surface area (Å²) in [5, 5.41) is 2.89. The molecule has 0 aromatic carbocycles. The molecule has 5 heteroatoms. The topological polar surface area (TPSA) is 55.6 Å². The number of hydrogen-bond acceptors (Lipinski definition) is 4. The zero-order valence-electron chi connectivity index (χ0n) is 8.10. The number of anilines is 1. The van der Waals surface area contributed by atoms with Crippen molar-refractivity contribution >= 4 is 5.95 Å². The number of hydrogen-bond donors (Lipinski definition) is 1. The quantitative estimate of drug-likeness (QED) is 0.766. The van der Waals surface area contributed by atoms with Crippen LogP contribution in [0.5, 0.6) is 0 Å². The van der Waals surface area contributed by atoms with E-state index in [1.807, 2.05) is 23.8 Å². The molecule has 0 radical (unpaired) electrons. The highest BCUT2D eigenvalue weighted by atomic mass is 15.2. The minimum absolute atomic E-state index is 0.607. The second-order valence-electron chi connectivity index (χ2n) is 2.83. The van der Waals surface area contributed by atoms with E-state index in [2.05, 4.69) is 20.3 Å². The van der Waals surface area contributed by atoms with E-state index in [1.54, 1.807) is 19.4 Å². The summed E-state index contributed by atoms with van der Waals surface area (Å²) in [5.41, 5.74) is 0. The molecule has 0 saturated carbocycles. The number of nitrogens with zero attached hydrogens (tertiary/aromatic N) is 4. The number of imidazole rings is 1. The van der Waals surface area contributed by atoms with Gasteiger partial charge in [0.2, 0.25) is 5.95 Å². The SMILES string of the molecule is CNc1nccc(-n2ccnc2C)n1. The zero-order valence-corrected chi connectivity index (χ0v) is 8.10. The molecule has 2 heterocycles. The standard InChI is InChI=1S/C9H11N5/c1-7-11-5-6-14(7)8-3-4-12-9(10-2)13-8/h3-6H,1-2H3,(H,10,12,13). The Balaban J connectivity index is 2.47. The van der Waals surface area contributed by atoms with Gasteiger partial charge in [0.05, 0.1) is 0 Å². The Morgan fingerprint density at radius 2 is 2.14 bits per heavy atom. The third kappa shape index (κ3) is 1.44. The van der Waals surface area contributed by atoms with Crippen molar-refractivity contribution in [2.45, 2.75) is 6.92 Å². The molecule has 5 nitrogen and oxygen atoms in total. The molecule has 0 fully saturated rings. The highest BCUT2D eigenvalue weighted by Gasteiger charge is 2.02. The molecule has 0 unspecified atom stereocenters. The maximum absolute atomic E-state index is 4.30. The lowest BCUT2D eigenvalue weighted by Gasteiger charge is -2.04. The van der Waals surface area contributed by atoms with Gasteiger partial charge in [-0.15, -0.1) is 0 Å². The number of nitrogens with one attached hydrogen (secondary N) is 1. The first-order chi connectivity index (χ1) is 6.81. The van der Waals surface area contributed by atoms with Gasteiger partial charge in [0.15, 0.2) is 0 Å². The molecule has 0 saturated heterocycles. The van der Waals surface area contributed by atoms with E-state index < -0.39 is 0 Å². The van der Waals surface area contributed by atoms with Crippen LogP contribution in [-0.2, 0) is 0 Å². The average molecular weight is 189 g/mol. The summed E-state index contributed by atoms with van der Waals surface area (Å²) in [6.45, 7) is 1.93. The lowest BCUT2D eigenvalue weighted by Crippen LogP contribution is -2.02. The van der Waals surface area contributed by atoms with E-state index in [0.29, 0.717) is 5.95 Å². The normalized spacial score (nSPS) is 10.1. The maximum atomic E-state index is 4.30. The first-order valence-electron chi connectivity index (χ1n) is 4.32. The molecule has 14 heavy (non-hydrogen) atoms. The molecule has 0 amide bonds. The summed E-state index contributed by atoms with van der Waals surface area (Å²) in [6.07, 6.45) is 5.33. The van der Waals surface area contributed by atoms with E-state index in [-0.39, 0.29) is 0 Å². The molecule has 0 bridgehead atoms. The van der Waals surface area contributed by atoms with E-state index in [0.717, 1.165) is 11.6 Å². The Bertz CT molecular complexity index is 434. The van der Waals surface area contributed by atoms with Crippen molar-refractivity contribution < 1.29 is 0 Å². The molecular weight excluding hydrogens is 178 g/mol. The molecule has 0 aliphatic heterocycles. The van der Waals surface area contributed by atoms with Gasteiger partial charge in [-0.3, -0.25) is 4.57 Å². The first-order valence-corrected chi connectivity index (χ1v) is 4.32. The van der Waals surface area contributed by atoms with E-state index >= 15 is 0 Å². The molecule has 72 valence electrons. The summed E-state index contributed by atoms with van der Waals surface area (Å²) in [7, 11) is 1.79. The highest BCUT2D eigenvalue weighted by Crippen LogP contribution is 2.07. The zero-order chi connectivity index (χ0) is 9.97. The van der Waals surface area contributed by atoms with Crippen molar-refractivity contribution in [1.82, 2.24) is 19.5 Å². The Hall–Kier alpha value is -1.91. The van der Waals surface area contributed by atoms with E-state index in [9.17, 15) is 0 Å². The molecule has 0 spiro atoms. The third-order valence-corrected chi connectivity index (χ3v) is 1.94. The van der Waals surface area contributed by atoms with Crippen LogP contribution < -0.4 is 5.32 Å². The van der Waals surface area contributed by atoms with Crippen LogP contribution in [0.4, 0.5) is 5.95 Å². The molecule has 2 aromatic rings. The predicted molar refractivity (Wildman–Crippen MR) is 53.4 cm³/mol. The summed E-state index contributed by atoms with van der Waals surface area (Å²) >= 11 is 0. The smallest absolute Gasteiger partial charge is 0.224 e. The van der Waals surface area contributed by atoms with Crippen molar-refractivity contribution in [2.24, 2.45) is 0 Å². The van der Waals surface area contributed by atoms with Crippen molar-refractivity contribution in [3.63, 3.8) is 0 Å². The van der Waals surface area contributed by atoms with Crippen LogP contribution in [0.15, 0.2) is 24.7 Å². The largest absolute Gasteiger partial charge is 0.357 e. The predicted octanol–water partition coefficient (Wildman–Crippen LogP) is 1.01. The molecule has 0 aliphatic rings. The van der Waals surface area contributed by atoms with Crippen LogP contribution in [0.1, 0.15) is 5.82 Å². The molecular formula is C9H11N5. The highest BCUT2D eigenvalue weighted by molar-refractivity contribution is 5.31. The van der Waals surface area contributed by atoms with Crippen LogP contribution in [0, 0.1) is 6.92 Å². The van der Waals surface area contributed by atoms with Crippen LogP contribution in [0.2, 0.25) is 0 Å². The monoisotopic (exact) mass is 189 g/mol. The Kier molecular flexibility index (Phi) is 2.14. The lowest BCUT2D eigenvalue weighted by molar-refractivity contribution is 0.921. The maximum Gasteiger partial charge on any atom is 0.224 e. The Labute approximate surface area is 81.8 Å². The fourth-order valence-corrected chi connectivity index (χ4v) is 1.22.